The van der Waals surface area contributed by atoms with E-state index < -0.39 is 0 Å². The van der Waals surface area contributed by atoms with E-state index in [0.717, 1.165) is 0 Å². The molecule has 0 aromatic heterocycles. The SMILES string of the molecule is C1=CC2=CC=C1C2.N=[N+]=N. The Kier molecular flexibility index (Phi) is 1.92. The predicted octanol–water partition coefficient (Wildman–Crippen LogP) is 1.93. The van der Waals surface area contributed by atoms with E-state index in [9.17, 15) is 0 Å². The maximum absolute atomic E-state index is 5.50. The fourth-order valence-electron chi connectivity index (χ4n) is 1.01. The van der Waals surface area contributed by atoms with Crippen LogP contribution in [0.15, 0.2) is 35.5 Å². The zero-order valence-corrected chi connectivity index (χ0v) is 5.46. The second kappa shape index (κ2) is 2.90. The number of hydrogen-bond acceptors (Lipinski definition) is 2. The van der Waals surface area contributed by atoms with Gasteiger partial charge in [-0.2, -0.15) is 0 Å². The highest BCUT2D eigenvalue weighted by Crippen LogP contribution is 2.27. The van der Waals surface area contributed by atoms with Gasteiger partial charge in [0.25, 0.3) is 0 Å². The Balaban J connectivity index is 0.000000148. The molecule has 50 valence electrons. The number of fused-ring (bicyclic) bond motifs is 2. The summed E-state index contributed by atoms with van der Waals surface area (Å²) in [6.07, 6.45) is 9.90. The molecule has 0 saturated heterocycles. The summed E-state index contributed by atoms with van der Waals surface area (Å²) in [4.78, 5) is 2.00. The van der Waals surface area contributed by atoms with Crippen molar-refractivity contribution in [2.24, 2.45) is 0 Å². The van der Waals surface area contributed by atoms with E-state index >= 15 is 0 Å². The molecule has 0 heterocycles. The van der Waals surface area contributed by atoms with Gasteiger partial charge >= 0.3 is 0 Å². The molecule has 0 fully saturated rings. The third-order valence-corrected chi connectivity index (χ3v) is 1.43. The molecule has 3 nitrogen and oxygen atoms in total. The van der Waals surface area contributed by atoms with Crippen LogP contribution < -0.4 is 4.91 Å². The van der Waals surface area contributed by atoms with Crippen LogP contribution in [0.3, 0.4) is 0 Å². The van der Waals surface area contributed by atoms with Gasteiger partial charge in [-0.05, 0) is 17.6 Å². The van der Waals surface area contributed by atoms with Gasteiger partial charge in [-0.3, -0.25) is 0 Å². The lowest BCUT2D eigenvalue weighted by atomic mass is 10.3. The van der Waals surface area contributed by atoms with E-state index in [4.69, 9.17) is 11.1 Å². The van der Waals surface area contributed by atoms with E-state index in [1.165, 1.54) is 17.6 Å². The van der Waals surface area contributed by atoms with Gasteiger partial charge in [0.05, 0.1) is 0 Å². The molecule has 2 N–H and O–H groups in total. The van der Waals surface area contributed by atoms with Crippen LogP contribution >= 0.6 is 0 Å². The fourth-order valence-corrected chi connectivity index (χ4v) is 1.01. The molecule has 10 heavy (non-hydrogen) atoms. The highest BCUT2D eigenvalue weighted by molar-refractivity contribution is 5.49. The van der Waals surface area contributed by atoms with Crippen molar-refractivity contribution in [3.8, 4) is 0 Å². The highest BCUT2D eigenvalue weighted by atomic mass is 15.0. The van der Waals surface area contributed by atoms with E-state index in [2.05, 4.69) is 24.3 Å². The molecule has 2 aliphatic carbocycles. The first-order valence-corrected chi connectivity index (χ1v) is 2.98. The van der Waals surface area contributed by atoms with E-state index in [-0.39, 0.29) is 0 Å². The van der Waals surface area contributed by atoms with Crippen LogP contribution in [-0.2, 0) is 0 Å². The lowest BCUT2D eigenvalue weighted by Crippen LogP contribution is -1.59. The van der Waals surface area contributed by atoms with Gasteiger partial charge in [0.1, 0.15) is 11.1 Å². The van der Waals surface area contributed by atoms with E-state index in [0.29, 0.717) is 0 Å². The molecule has 2 rings (SSSR count). The van der Waals surface area contributed by atoms with Crippen LogP contribution in [0.4, 0.5) is 0 Å². The van der Waals surface area contributed by atoms with E-state index in [1.54, 1.807) is 0 Å². The zero-order chi connectivity index (χ0) is 7.40. The normalized spacial score (nSPS) is 16.8. The second-order valence-corrected chi connectivity index (χ2v) is 2.11. The number of rotatable bonds is 0. The van der Waals surface area contributed by atoms with Crippen molar-refractivity contribution in [3.63, 3.8) is 0 Å². The Bertz CT molecular complexity index is 232. The van der Waals surface area contributed by atoms with Gasteiger partial charge in [-0.25, -0.2) is 0 Å². The maximum atomic E-state index is 5.50. The Labute approximate surface area is 58.8 Å². The summed E-state index contributed by atoms with van der Waals surface area (Å²) < 4.78 is 0. The van der Waals surface area contributed by atoms with Crippen LogP contribution in [-0.4, -0.2) is 0 Å². The predicted molar refractivity (Wildman–Crippen MR) is 37.5 cm³/mol. The number of allylic oxidation sites excluding steroid dienone is 6. The van der Waals surface area contributed by atoms with Crippen molar-refractivity contribution >= 4 is 0 Å². The van der Waals surface area contributed by atoms with Gasteiger partial charge in [0.2, 0.25) is 4.91 Å². The average molecular weight is 134 g/mol. The highest BCUT2D eigenvalue weighted by Gasteiger charge is 2.07. The Morgan fingerprint density at radius 3 is 1.60 bits per heavy atom. The molecule has 0 aliphatic heterocycles. The Hall–Kier alpha value is -1.47. The molecule has 0 spiro atoms. The lowest BCUT2D eigenvalue weighted by Gasteiger charge is -1.77. The third-order valence-electron chi connectivity index (χ3n) is 1.43. The van der Waals surface area contributed by atoms with Gasteiger partial charge < -0.3 is 0 Å². The van der Waals surface area contributed by atoms with Gasteiger partial charge in [0.15, 0.2) is 0 Å². The third kappa shape index (κ3) is 1.27. The fraction of sp³-hybridized carbons (Fsp3) is 0.143. The molecule has 0 amide bonds. The summed E-state index contributed by atoms with van der Waals surface area (Å²) in [6.45, 7) is 0. The monoisotopic (exact) mass is 134 g/mol. The molecule has 0 aromatic rings. The maximum Gasteiger partial charge on any atom is 0.211 e. The van der Waals surface area contributed by atoms with E-state index in [1.807, 2.05) is 4.91 Å². The van der Waals surface area contributed by atoms with Crippen molar-refractivity contribution in [2.45, 2.75) is 6.42 Å². The summed E-state index contributed by atoms with van der Waals surface area (Å²) in [7, 11) is 0. The summed E-state index contributed by atoms with van der Waals surface area (Å²) >= 11 is 0. The molecule has 0 unspecified atom stereocenters. The topological polar surface area (TPSA) is 61.8 Å². The number of nitrogens with one attached hydrogen (secondary N) is 2. The molecular formula is C7H8N3+. The first kappa shape index (κ1) is 6.65. The summed E-state index contributed by atoms with van der Waals surface area (Å²) in [5.74, 6) is 0. The van der Waals surface area contributed by atoms with Crippen molar-refractivity contribution in [2.75, 3.05) is 0 Å². The lowest BCUT2D eigenvalue weighted by molar-refractivity contribution is 0.928. The summed E-state index contributed by atoms with van der Waals surface area (Å²) in [5.41, 5.74) is 13.9. The summed E-state index contributed by atoms with van der Waals surface area (Å²) in [6, 6.07) is 0. The molecule has 3 heteroatoms. The molecule has 0 aromatic carbocycles. The van der Waals surface area contributed by atoms with Crippen LogP contribution in [0, 0.1) is 11.1 Å². The molecule has 0 radical (unpaired) electrons. The minimum Gasteiger partial charge on any atom is -0.0584 e. The Morgan fingerprint density at radius 1 is 1.10 bits per heavy atom. The minimum atomic E-state index is 1.19. The van der Waals surface area contributed by atoms with Crippen LogP contribution in [0.2, 0.25) is 0 Å². The molecule has 0 saturated carbocycles. The van der Waals surface area contributed by atoms with Crippen molar-refractivity contribution < 1.29 is 0 Å². The Morgan fingerprint density at radius 2 is 1.50 bits per heavy atom. The van der Waals surface area contributed by atoms with Gasteiger partial charge in [0, 0.05) is 0 Å². The first-order valence-electron chi connectivity index (χ1n) is 2.98. The van der Waals surface area contributed by atoms with Crippen molar-refractivity contribution in [3.05, 3.63) is 35.5 Å². The smallest absolute Gasteiger partial charge is 0.0584 e. The second-order valence-electron chi connectivity index (χ2n) is 2.11. The van der Waals surface area contributed by atoms with Crippen LogP contribution in [0.25, 0.3) is 0 Å². The quantitative estimate of drug-likeness (QED) is 0.375. The zero-order valence-electron chi connectivity index (χ0n) is 5.46. The first-order chi connectivity index (χ1) is 4.86. The standard InChI is InChI=1S/C7H6.H2N3/c1-2-7-4-3-6(1)5-7;1-3-2/h1-4H,5H2;1-2H/q;+1. The van der Waals surface area contributed by atoms with Gasteiger partial charge in [-0.15, -0.1) is 0 Å². The summed E-state index contributed by atoms with van der Waals surface area (Å²) in [5, 5.41) is 0. The minimum absolute atomic E-state index is 1.19. The molecule has 0 atom stereocenters. The van der Waals surface area contributed by atoms with Crippen molar-refractivity contribution in [1.29, 1.82) is 11.1 Å². The van der Waals surface area contributed by atoms with Crippen LogP contribution in [0.1, 0.15) is 6.42 Å². The molecular weight excluding hydrogens is 126 g/mol. The number of nitrogens with zero attached hydrogens (tertiary/aromatic N) is 1. The largest absolute Gasteiger partial charge is 0.211 e. The molecule has 2 aliphatic rings. The molecule has 2 bridgehead atoms. The van der Waals surface area contributed by atoms with Crippen LogP contribution in [0.5, 0.6) is 0 Å². The van der Waals surface area contributed by atoms with Gasteiger partial charge in [-0.1, -0.05) is 24.3 Å². The number of hydrogen-bond donors (Lipinski definition) is 2. The average Bonchev–Trinajstić information content (AvgIpc) is 2.49. The van der Waals surface area contributed by atoms with Crippen molar-refractivity contribution in [1.82, 2.24) is 4.91 Å².